The topological polar surface area (TPSA) is 34.1 Å². The summed E-state index contributed by atoms with van der Waals surface area (Å²) in [4.78, 5) is 4.43. The number of fused-ring (bicyclic) bond motifs is 1. The summed E-state index contributed by atoms with van der Waals surface area (Å²) in [6.45, 7) is 5.79. The van der Waals surface area contributed by atoms with Gasteiger partial charge in [-0.25, -0.2) is 4.98 Å². The van der Waals surface area contributed by atoms with Gasteiger partial charge in [-0.3, -0.25) is 0 Å². The second-order valence-corrected chi connectivity index (χ2v) is 4.59. The van der Waals surface area contributed by atoms with Crippen molar-refractivity contribution in [3.63, 3.8) is 0 Å². The number of benzene rings is 1. The first kappa shape index (κ1) is 11.1. The molecule has 1 aromatic heterocycles. The van der Waals surface area contributed by atoms with Crippen LogP contribution in [0.2, 0.25) is 0 Å². The smallest absolute Gasteiger partial charge is 0.168 e. The van der Waals surface area contributed by atoms with E-state index in [2.05, 4.69) is 48.4 Å². The quantitative estimate of drug-likeness (QED) is 0.831. The number of hydrogen-bond donors (Lipinski definition) is 1. The van der Waals surface area contributed by atoms with Crippen LogP contribution in [0.5, 0.6) is 5.75 Å². The van der Waals surface area contributed by atoms with Crippen LogP contribution in [0.15, 0.2) is 30.5 Å². The molecule has 1 aliphatic rings. The van der Waals surface area contributed by atoms with Crippen molar-refractivity contribution in [1.29, 1.82) is 0 Å². The Balaban J connectivity index is 2.09. The third-order valence-corrected chi connectivity index (χ3v) is 3.42. The summed E-state index contributed by atoms with van der Waals surface area (Å²) in [7, 11) is 0. The molecule has 2 heterocycles. The lowest BCUT2D eigenvalue weighted by Crippen LogP contribution is -2.18. The number of anilines is 1. The molecule has 0 saturated carbocycles. The third-order valence-electron chi connectivity index (χ3n) is 3.42. The lowest BCUT2D eigenvalue weighted by Gasteiger charge is -2.19. The summed E-state index contributed by atoms with van der Waals surface area (Å²) in [6, 6.07) is 8.40. The van der Waals surface area contributed by atoms with Gasteiger partial charge < -0.3 is 10.1 Å². The number of pyridine rings is 1. The third kappa shape index (κ3) is 1.82. The summed E-state index contributed by atoms with van der Waals surface area (Å²) >= 11 is 0. The van der Waals surface area contributed by atoms with Gasteiger partial charge in [0.1, 0.15) is 6.61 Å². The highest BCUT2D eigenvalue weighted by Gasteiger charge is 2.13. The Bertz CT molecular complexity index is 593. The predicted molar refractivity (Wildman–Crippen MR) is 73.1 cm³/mol. The minimum atomic E-state index is 0.699. The Morgan fingerprint density at radius 3 is 3.06 bits per heavy atom. The molecule has 0 aliphatic carbocycles. The second kappa shape index (κ2) is 4.33. The van der Waals surface area contributed by atoms with Crippen LogP contribution in [-0.4, -0.2) is 18.1 Å². The lowest BCUT2D eigenvalue weighted by atomic mass is 9.98. The molecule has 0 spiro atoms. The van der Waals surface area contributed by atoms with Gasteiger partial charge in [0.15, 0.2) is 11.6 Å². The van der Waals surface area contributed by atoms with Gasteiger partial charge in [0.2, 0.25) is 0 Å². The van der Waals surface area contributed by atoms with E-state index < -0.39 is 0 Å². The van der Waals surface area contributed by atoms with Crippen LogP contribution in [0.4, 0.5) is 5.82 Å². The van der Waals surface area contributed by atoms with Crippen molar-refractivity contribution in [1.82, 2.24) is 4.98 Å². The fourth-order valence-corrected chi connectivity index (χ4v) is 2.23. The summed E-state index contributed by atoms with van der Waals surface area (Å²) in [5.74, 6) is 1.69. The maximum absolute atomic E-state index is 5.63. The van der Waals surface area contributed by atoms with Crippen molar-refractivity contribution < 1.29 is 4.74 Å². The summed E-state index contributed by atoms with van der Waals surface area (Å²) in [6.07, 6.45) is 1.91. The second-order valence-electron chi connectivity index (χ2n) is 4.59. The minimum Gasteiger partial charge on any atom is -0.488 e. The summed E-state index contributed by atoms with van der Waals surface area (Å²) in [5.41, 5.74) is 4.92. The first-order chi connectivity index (χ1) is 8.75. The van der Waals surface area contributed by atoms with Crippen LogP contribution in [0.25, 0.3) is 11.1 Å². The van der Waals surface area contributed by atoms with Crippen LogP contribution >= 0.6 is 0 Å². The Kier molecular flexibility index (Phi) is 2.67. The van der Waals surface area contributed by atoms with Crippen LogP contribution < -0.4 is 10.1 Å². The molecule has 0 unspecified atom stereocenters. The Hall–Kier alpha value is -2.03. The van der Waals surface area contributed by atoms with Crippen LogP contribution in [-0.2, 0) is 0 Å². The number of nitrogens with one attached hydrogen (secondary N) is 1. The fourth-order valence-electron chi connectivity index (χ4n) is 2.23. The van der Waals surface area contributed by atoms with E-state index in [1.54, 1.807) is 0 Å². The largest absolute Gasteiger partial charge is 0.488 e. The predicted octanol–water partition coefficient (Wildman–Crippen LogP) is 3.17. The van der Waals surface area contributed by atoms with Crippen molar-refractivity contribution in [2.24, 2.45) is 0 Å². The molecule has 0 amide bonds. The van der Waals surface area contributed by atoms with Gasteiger partial charge >= 0.3 is 0 Å². The highest BCUT2D eigenvalue weighted by atomic mass is 16.5. The average molecular weight is 240 g/mol. The van der Waals surface area contributed by atoms with Gasteiger partial charge in [0, 0.05) is 11.8 Å². The minimum absolute atomic E-state index is 0.699. The van der Waals surface area contributed by atoms with Gasteiger partial charge in [-0.15, -0.1) is 0 Å². The SMILES string of the molecule is Cc1cccc(-c2cnc3c(c2)OCCN3)c1C. The molecule has 0 bridgehead atoms. The van der Waals surface area contributed by atoms with E-state index in [1.807, 2.05) is 6.20 Å². The van der Waals surface area contributed by atoms with Crippen molar-refractivity contribution in [2.75, 3.05) is 18.5 Å². The van der Waals surface area contributed by atoms with Crippen LogP contribution in [0.3, 0.4) is 0 Å². The molecule has 3 heteroatoms. The van der Waals surface area contributed by atoms with Gasteiger partial charge in [-0.1, -0.05) is 18.2 Å². The van der Waals surface area contributed by atoms with Crippen molar-refractivity contribution in [2.45, 2.75) is 13.8 Å². The number of ether oxygens (including phenoxy) is 1. The highest BCUT2D eigenvalue weighted by molar-refractivity contribution is 5.71. The van der Waals surface area contributed by atoms with E-state index in [0.717, 1.165) is 23.7 Å². The van der Waals surface area contributed by atoms with Crippen LogP contribution in [0, 0.1) is 13.8 Å². The van der Waals surface area contributed by atoms with E-state index in [9.17, 15) is 0 Å². The van der Waals surface area contributed by atoms with Gasteiger partial charge in [-0.05, 0) is 36.6 Å². The Morgan fingerprint density at radius 2 is 2.17 bits per heavy atom. The van der Waals surface area contributed by atoms with Gasteiger partial charge in [0.25, 0.3) is 0 Å². The number of hydrogen-bond acceptors (Lipinski definition) is 3. The van der Waals surface area contributed by atoms with E-state index >= 15 is 0 Å². The number of aryl methyl sites for hydroxylation is 1. The van der Waals surface area contributed by atoms with E-state index in [1.165, 1.54) is 16.7 Å². The standard InChI is InChI=1S/C15H16N2O/c1-10-4-3-5-13(11(10)2)12-8-14-15(17-9-12)16-6-7-18-14/h3-5,8-9H,6-7H2,1-2H3,(H,16,17). The maximum atomic E-state index is 5.63. The number of aromatic nitrogens is 1. The van der Waals surface area contributed by atoms with Crippen molar-refractivity contribution in [3.8, 4) is 16.9 Å². The monoisotopic (exact) mass is 240 g/mol. The first-order valence-corrected chi connectivity index (χ1v) is 6.19. The molecule has 1 aliphatic heterocycles. The zero-order valence-electron chi connectivity index (χ0n) is 10.7. The number of rotatable bonds is 1. The molecule has 0 radical (unpaired) electrons. The molecule has 18 heavy (non-hydrogen) atoms. The molecule has 0 atom stereocenters. The van der Waals surface area contributed by atoms with E-state index in [4.69, 9.17) is 4.74 Å². The Morgan fingerprint density at radius 1 is 1.28 bits per heavy atom. The van der Waals surface area contributed by atoms with Gasteiger partial charge in [-0.2, -0.15) is 0 Å². The molecule has 1 aromatic carbocycles. The molecule has 2 aromatic rings. The van der Waals surface area contributed by atoms with Crippen LogP contribution in [0.1, 0.15) is 11.1 Å². The molecule has 92 valence electrons. The molecule has 0 fully saturated rings. The fraction of sp³-hybridized carbons (Fsp3) is 0.267. The molecule has 3 rings (SSSR count). The lowest BCUT2D eigenvalue weighted by molar-refractivity contribution is 0.321. The zero-order valence-corrected chi connectivity index (χ0v) is 10.7. The molecular formula is C15H16N2O. The normalized spacial score (nSPS) is 13.4. The Labute approximate surface area is 107 Å². The molecular weight excluding hydrogens is 224 g/mol. The summed E-state index contributed by atoms with van der Waals surface area (Å²) < 4.78 is 5.63. The van der Waals surface area contributed by atoms with E-state index in [-0.39, 0.29) is 0 Å². The molecule has 1 N–H and O–H groups in total. The highest BCUT2D eigenvalue weighted by Crippen LogP contribution is 2.32. The van der Waals surface area contributed by atoms with E-state index in [0.29, 0.717) is 6.61 Å². The van der Waals surface area contributed by atoms with Gasteiger partial charge in [0.05, 0.1) is 6.54 Å². The molecule has 3 nitrogen and oxygen atoms in total. The molecule has 0 saturated heterocycles. The summed E-state index contributed by atoms with van der Waals surface area (Å²) in [5, 5.41) is 3.23. The number of nitrogens with zero attached hydrogens (tertiary/aromatic N) is 1. The van der Waals surface area contributed by atoms with Crippen molar-refractivity contribution >= 4 is 5.82 Å². The average Bonchev–Trinajstić information content (AvgIpc) is 2.41. The maximum Gasteiger partial charge on any atom is 0.168 e. The van der Waals surface area contributed by atoms with Crippen molar-refractivity contribution in [3.05, 3.63) is 41.6 Å². The zero-order chi connectivity index (χ0) is 12.5. The first-order valence-electron chi connectivity index (χ1n) is 6.19.